The molecule has 1 fully saturated rings. The van der Waals surface area contributed by atoms with E-state index in [0.717, 1.165) is 18.9 Å². The van der Waals surface area contributed by atoms with Gasteiger partial charge in [-0.25, -0.2) is 10.8 Å². The molecule has 2 N–H and O–H groups in total. The van der Waals surface area contributed by atoms with Gasteiger partial charge in [0.05, 0.1) is 0 Å². The van der Waals surface area contributed by atoms with Crippen molar-refractivity contribution in [3.05, 3.63) is 18.3 Å². The summed E-state index contributed by atoms with van der Waals surface area (Å²) in [6, 6.07) is 4.10. The molecule has 1 aromatic rings. The third-order valence-corrected chi connectivity index (χ3v) is 2.81. The molecule has 0 unspecified atom stereocenters. The Balaban J connectivity index is 2.16. The van der Waals surface area contributed by atoms with E-state index in [0.29, 0.717) is 0 Å². The fraction of sp³-hybridized carbons (Fsp3) is 0.545. The average molecular weight is 206 g/mol. The minimum Gasteiger partial charge on any atom is -0.371 e. The molecule has 15 heavy (non-hydrogen) atoms. The number of hydrazine groups is 1. The maximum Gasteiger partial charge on any atom is 0.144 e. The Morgan fingerprint density at radius 2 is 2.07 bits per heavy atom. The molecule has 0 spiro atoms. The summed E-state index contributed by atoms with van der Waals surface area (Å²) < 4.78 is 0. The second kappa shape index (κ2) is 4.49. The summed E-state index contributed by atoms with van der Waals surface area (Å²) in [6.07, 6.45) is 5.75. The lowest BCUT2D eigenvalue weighted by atomic mass is 10.1. The highest BCUT2D eigenvalue weighted by atomic mass is 15.4. The van der Waals surface area contributed by atoms with Gasteiger partial charge in [-0.3, -0.25) is 5.01 Å². The summed E-state index contributed by atoms with van der Waals surface area (Å²) in [4.78, 5) is 6.61. The van der Waals surface area contributed by atoms with Crippen LogP contribution in [0.5, 0.6) is 0 Å². The first-order valence-electron chi connectivity index (χ1n) is 5.47. The number of pyridine rings is 1. The van der Waals surface area contributed by atoms with Crippen LogP contribution in [0.1, 0.15) is 19.3 Å². The third-order valence-electron chi connectivity index (χ3n) is 2.81. The zero-order valence-electron chi connectivity index (χ0n) is 9.19. The SMILES string of the molecule is CN(N)c1cc(N2CCCCC2)ccn1. The fourth-order valence-electron chi connectivity index (χ4n) is 1.95. The van der Waals surface area contributed by atoms with E-state index in [4.69, 9.17) is 5.84 Å². The van der Waals surface area contributed by atoms with E-state index in [1.165, 1.54) is 24.9 Å². The van der Waals surface area contributed by atoms with E-state index in [9.17, 15) is 0 Å². The van der Waals surface area contributed by atoms with Crippen LogP contribution in [0.25, 0.3) is 0 Å². The summed E-state index contributed by atoms with van der Waals surface area (Å²) >= 11 is 0. The molecule has 0 atom stereocenters. The molecule has 2 heterocycles. The molecule has 1 aromatic heterocycles. The maximum atomic E-state index is 5.66. The molecule has 0 aliphatic carbocycles. The van der Waals surface area contributed by atoms with Gasteiger partial charge in [0.25, 0.3) is 0 Å². The van der Waals surface area contributed by atoms with E-state index >= 15 is 0 Å². The number of hydrogen-bond acceptors (Lipinski definition) is 4. The summed E-state index contributed by atoms with van der Waals surface area (Å²) in [5.41, 5.74) is 1.23. The molecule has 0 radical (unpaired) electrons. The maximum absolute atomic E-state index is 5.66. The first kappa shape index (κ1) is 10.2. The topological polar surface area (TPSA) is 45.4 Å². The van der Waals surface area contributed by atoms with E-state index in [-0.39, 0.29) is 0 Å². The van der Waals surface area contributed by atoms with Crippen LogP contribution >= 0.6 is 0 Å². The van der Waals surface area contributed by atoms with E-state index in [2.05, 4.69) is 16.0 Å². The smallest absolute Gasteiger partial charge is 0.144 e. The van der Waals surface area contributed by atoms with Crippen LogP contribution in [-0.2, 0) is 0 Å². The average Bonchev–Trinajstić information content (AvgIpc) is 2.30. The van der Waals surface area contributed by atoms with Crippen LogP contribution in [0.3, 0.4) is 0 Å². The number of piperidine rings is 1. The summed E-state index contributed by atoms with van der Waals surface area (Å²) in [5.74, 6) is 6.48. The van der Waals surface area contributed by atoms with Crippen molar-refractivity contribution in [2.45, 2.75) is 19.3 Å². The number of rotatable bonds is 2. The van der Waals surface area contributed by atoms with Crippen LogP contribution in [0.4, 0.5) is 11.5 Å². The molecule has 82 valence electrons. The first-order chi connectivity index (χ1) is 7.27. The number of aromatic nitrogens is 1. The van der Waals surface area contributed by atoms with Crippen LogP contribution in [0, 0.1) is 0 Å². The Bertz CT molecular complexity index is 318. The molecule has 4 heteroatoms. The van der Waals surface area contributed by atoms with Crippen molar-refractivity contribution in [1.82, 2.24) is 4.98 Å². The largest absolute Gasteiger partial charge is 0.371 e. The van der Waals surface area contributed by atoms with Crippen molar-refractivity contribution in [2.24, 2.45) is 5.84 Å². The summed E-state index contributed by atoms with van der Waals surface area (Å²) in [5, 5.41) is 1.55. The van der Waals surface area contributed by atoms with Gasteiger partial charge in [-0.2, -0.15) is 0 Å². The van der Waals surface area contributed by atoms with E-state index in [1.807, 2.05) is 19.3 Å². The lowest BCUT2D eigenvalue weighted by molar-refractivity contribution is 0.577. The molecule has 1 aliphatic rings. The summed E-state index contributed by atoms with van der Waals surface area (Å²) in [7, 11) is 1.81. The number of nitrogens with two attached hydrogens (primary N) is 1. The van der Waals surface area contributed by atoms with Gasteiger partial charge in [0.1, 0.15) is 5.82 Å². The summed E-state index contributed by atoms with van der Waals surface area (Å²) in [6.45, 7) is 2.30. The van der Waals surface area contributed by atoms with Crippen molar-refractivity contribution >= 4 is 11.5 Å². The molecular weight excluding hydrogens is 188 g/mol. The quantitative estimate of drug-likeness (QED) is 0.586. The van der Waals surface area contributed by atoms with Crippen LogP contribution in [0.15, 0.2) is 18.3 Å². The molecule has 4 nitrogen and oxygen atoms in total. The highest BCUT2D eigenvalue weighted by Crippen LogP contribution is 2.21. The van der Waals surface area contributed by atoms with Crippen LogP contribution in [-0.4, -0.2) is 25.1 Å². The zero-order chi connectivity index (χ0) is 10.7. The minimum atomic E-state index is 0.818. The van der Waals surface area contributed by atoms with Gasteiger partial charge < -0.3 is 4.90 Å². The van der Waals surface area contributed by atoms with Crippen molar-refractivity contribution in [2.75, 3.05) is 30.0 Å². The molecule has 0 saturated carbocycles. The molecule has 2 rings (SSSR count). The van der Waals surface area contributed by atoms with Crippen molar-refractivity contribution in [3.8, 4) is 0 Å². The molecule has 0 bridgehead atoms. The Morgan fingerprint density at radius 1 is 1.33 bits per heavy atom. The predicted molar refractivity (Wildman–Crippen MR) is 62.9 cm³/mol. The number of nitrogens with zero attached hydrogens (tertiary/aromatic N) is 3. The van der Waals surface area contributed by atoms with Crippen molar-refractivity contribution < 1.29 is 0 Å². The Kier molecular flexibility index (Phi) is 3.06. The normalized spacial score (nSPS) is 16.5. The number of hydrogen-bond donors (Lipinski definition) is 1. The van der Waals surface area contributed by atoms with E-state index in [1.54, 1.807) is 5.01 Å². The lowest BCUT2D eigenvalue weighted by Crippen LogP contribution is -2.30. The molecule has 0 amide bonds. The monoisotopic (exact) mass is 206 g/mol. The van der Waals surface area contributed by atoms with Gasteiger partial charge in [0.15, 0.2) is 0 Å². The highest BCUT2D eigenvalue weighted by Gasteiger charge is 2.11. The second-order valence-electron chi connectivity index (χ2n) is 4.03. The van der Waals surface area contributed by atoms with Gasteiger partial charge >= 0.3 is 0 Å². The Labute approximate surface area is 90.7 Å². The van der Waals surface area contributed by atoms with Gasteiger partial charge in [0, 0.05) is 38.1 Å². The van der Waals surface area contributed by atoms with Crippen LogP contribution in [0.2, 0.25) is 0 Å². The Hall–Kier alpha value is -1.29. The third kappa shape index (κ3) is 2.39. The lowest BCUT2D eigenvalue weighted by Gasteiger charge is -2.29. The fourth-order valence-corrected chi connectivity index (χ4v) is 1.95. The highest BCUT2D eigenvalue weighted by molar-refractivity contribution is 5.54. The number of anilines is 2. The van der Waals surface area contributed by atoms with Gasteiger partial charge in [-0.05, 0) is 25.3 Å². The van der Waals surface area contributed by atoms with E-state index < -0.39 is 0 Å². The molecular formula is C11H18N4. The van der Waals surface area contributed by atoms with Gasteiger partial charge in [0.2, 0.25) is 0 Å². The molecule has 1 saturated heterocycles. The zero-order valence-corrected chi connectivity index (χ0v) is 9.19. The molecule has 0 aromatic carbocycles. The van der Waals surface area contributed by atoms with Crippen LogP contribution < -0.4 is 15.8 Å². The second-order valence-corrected chi connectivity index (χ2v) is 4.03. The van der Waals surface area contributed by atoms with Crippen molar-refractivity contribution in [3.63, 3.8) is 0 Å². The van der Waals surface area contributed by atoms with Crippen molar-refractivity contribution in [1.29, 1.82) is 0 Å². The van der Waals surface area contributed by atoms with Gasteiger partial charge in [-0.1, -0.05) is 0 Å². The predicted octanol–water partition coefficient (Wildman–Crippen LogP) is 1.38. The Morgan fingerprint density at radius 3 is 2.73 bits per heavy atom. The van der Waals surface area contributed by atoms with Gasteiger partial charge in [-0.15, -0.1) is 0 Å². The standard InChI is InChI=1S/C11H18N4/c1-14(12)11-9-10(5-6-13-11)15-7-3-2-4-8-15/h5-6,9H,2-4,7-8,12H2,1H3. The first-order valence-corrected chi connectivity index (χ1v) is 5.47. The minimum absolute atomic E-state index is 0.818. The molecule has 1 aliphatic heterocycles.